The highest BCUT2D eigenvalue weighted by atomic mass is 16.5. The molecule has 214 valence electrons. The fourth-order valence-corrected chi connectivity index (χ4v) is 4.55. The van der Waals surface area contributed by atoms with Crippen molar-refractivity contribution in [3.05, 3.63) is 71.9 Å². The van der Waals surface area contributed by atoms with Crippen LogP contribution in [0.5, 0.6) is 0 Å². The molecule has 0 radical (unpaired) electrons. The quantitative estimate of drug-likeness (QED) is 0.224. The third-order valence-electron chi connectivity index (χ3n) is 6.48. The van der Waals surface area contributed by atoms with Gasteiger partial charge in [0.05, 0.1) is 6.04 Å². The number of hydrogen-bond donors (Lipinski definition) is 4. The lowest BCUT2D eigenvalue weighted by atomic mass is 10.00. The van der Waals surface area contributed by atoms with Gasteiger partial charge >= 0.3 is 6.09 Å². The Morgan fingerprint density at radius 1 is 0.825 bits per heavy atom. The summed E-state index contributed by atoms with van der Waals surface area (Å²) in [5.74, 6) is -0.696. The molecule has 40 heavy (non-hydrogen) atoms. The molecule has 1 aromatic heterocycles. The van der Waals surface area contributed by atoms with Gasteiger partial charge in [0.15, 0.2) is 0 Å². The van der Waals surface area contributed by atoms with Crippen LogP contribution in [0.25, 0.3) is 10.9 Å². The van der Waals surface area contributed by atoms with Gasteiger partial charge in [-0.05, 0) is 41.9 Å². The fraction of sp³-hybridized carbons (Fsp3) is 0.419. The van der Waals surface area contributed by atoms with E-state index < -0.39 is 36.0 Å². The van der Waals surface area contributed by atoms with Gasteiger partial charge in [0.1, 0.15) is 25.0 Å². The molecule has 9 nitrogen and oxygen atoms in total. The van der Waals surface area contributed by atoms with Crippen molar-refractivity contribution in [3.63, 3.8) is 0 Å². The Morgan fingerprint density at radius 3 is 2.15 bits per heavy atom. The average molecular weight is 549 g/mol. The summed E-state index contributed by atoms with van der Waals surface area (Å²) in [6, 6.07) is 14.4. The molecule has 0 aliphatic carbocycles. The minimum atomic E-state index is -0.974. The molecule has 3 aromatic rings. The summed E-state index contributed by atoms with van der Waals surface area (Å²) in [5, 5.41) is 9.21. The van der Waals surface area contributed by atoms with E-state index in [2.05, 4.69) is 20.9 Å². The lowest BCUT2D eigenvalue weighted by molar-refractivity contribution is -0.131. The minimum Gasteiger partial charge on any atom is -0.445 e. The molecule has 0 saturated heterocycles. The summed E-state index contributed by atoms with van der Waals surface area (Å²) in [4.78, 5) is 54.3. The van der Waals surface area contributed by atoms with E-state index in [1.807, 2.05) is 88.5 Å². The number of aromatic amines is 1. The Labute approximate surface area is 235 Å². The molecule has 2 aromatic carbocycles. The summed E-state index contributed by atoms with van der Waals surface area (Å²) in [5.41, 5.74) is 2.58. The first-order valence-electron chi connectivity index (χ1n) is 13.7. The Hall–Kier alpha value is -4.14. The largest absolute Gasteiger partial charge is 0.445 e. The monoisotopic (exact) mass is 548 g/mol. The maximum absolute atomic E-state index is 13.5. The summed E-state index contributed by atoms with van der Waals surface area (Å²) in [7, 11) is 0. The van der Waals surface area contributed by atoms with Crippen LogP contribution in [0.2, 0.25) is 0 Å². The van der Waals surface area contributed by atoms with Gasteiger partial charge in [0, 0.05) is 23.5 Å². The van der Waals surface area contributed by atoms with Crippen molar-refractivity contribution < 1.29 is 23.9 Å². The van der Waals surface area contributed by atoms with Gasteiger partial charge in [0.25, 0.3) is 0 Å². The first-order chi connectivity index (χ1) is 19.2. The zero-order valence-electron chi connectivity index (χ0n) is 23.6. The van der Waals surface area contributed by atoms with Gasteiger partial charge in [-0.25, -0.2) is 4.79 Å². The van der Waals surface area contributed by atoms with Gasteiger partial charge in [-0.1, -0.05) is 76.2 Å². The maximum Gasteiger partial charge on any atom is 0.408 e. The summed E-state index contributed by atoms with van der Waals surface area (Å²) in [6.45, 7) is 7.87. The SMILES string of the molecule is CC(C)C[C@H](NC(=O)OCc1ccccc1)C(=O)N[C@H](Cc1c[nH]c2ccccc12)C(=O)N[C@@H](C=O)CC(C)C. The van der Waals surface area contributed by atoms with Crippen LogP contribution in [0.3, 0.4) is 0 Å². The van der Waals surface area contributed by atoms with Gasteiger partial charge in [-0.15, -0.1) is 0 Å². The number of carbonyl (C=O) groups excluding carboxylic acids is 4. The van der Waals surface area contributed by atoms with Gasteiger partial charge in [-0.2, -0.15) is 0 Å². The molecule has 0 aliphatic rings. The highest BCUT2D eigenvalue weighted by molar-refractivity contribution is 5.93. The van der Waals surface area contributed by atoms with E-state index in [1.54, 1.807) is 0 Å². The van der Waals surface area contributed by atoms with Crippen molar-refractivity contribution in [3.8, 4) is 0 Å². The number of hydrogen-bond acceptors (Lipinski definition) is 5. The second kappa shape index (κ2) is 14.9. The van der Waals surface area contributed by atoms with Crippen LogP contribution in [0.1, 0.15) is 51.7 Å². The third-order valence-corrected chi connectivity index (χ3v) is 6.48. The van der Waals surface area contributed by atoms with E-state index >= 15 is 0 Å². The number of aromatic nitrogens is 1. The maximum atomic E-state index is 13.5. The Kier molecular flexibility index (Phi) is 11.3. The second-order valence-corrected chi connectivity index (χ2v) is 10.9. The molecular formula is C31H40N4O5. The number of fused-ring (bicyclic) bond motifs is 1. The van der Waals surface area contributed by atoms with E-state index in [9.17, 15) is 19.2 Å². The van der Waals surface area contributed by atoms with Crippen LogP contribution in [0.4, 0.5) is 4.79 Å². The highest BCUT2D eigenvalue weighted by Crippen LogP contribution is 2.19. The standard InChI is InChI=1S/C31H40N4O5/c1-20(2)14-24(18-36)33-29(37)28(16-23-17-32-26-13-9-8-12-25(23)26)34-30(38)27(15-21(3)4)35-31(39)40-19-22-10-6-5-7-11-22/h5-13,17-18,20-21,24,27-28,32H,14-16,19H2,1-4H3,(H,33,37)(H,34,38)(H,35,39)/t24-,27+,28-/m1/s1. The minimum absolute atomic E-state index is 0.0667. The molecule has 9 heteroatoms. The predicted octanol–water partition coefficient (Wildman–Crippen LogP) is 4.27. The number of nitrogens with one attached hydrogen (secondary N) is 4. The topological polar surface area (TPSA) is 129 Å². The lowest BCUT2D eigenvalue weighted by Gasteiger charge is -2.25. The number of H-pyrrole nitrogens is 1. The second-order valence-electron chi connectivity index (χ2n) is 10.9. The van der Waals surface area contributed by atoms with Crippen LogP contribution < -0.4 is 16.0 Å². The molecule has 3 atom stereocenters. The fourth-order valence-electron chi connectivity index (χ4n) is 4.55. The molecular weight excluding hydrogens is 508 g/mol. The van der Waals surface area contributed by atoms with Crippen LogP contribution >= 0.6 is 0 Å². The molecule has 0 fully saturated rings. The Morgan fingerprint density at radius 2 is 1.48 bits per heavy atom. The Bertz CT molecular complexity index is 1270. The van der Waals surface area contributed by atoms with Crippen LogP contribution in [-0.4, -0.2) is 47.3 Å². The van der Waals surface area contributed by atoms with Gasteiger partial charge in [-0.3, -0.25) is 9.59 Å². The molecule has 0 spiro atoms. The van der Waals surface area contributed by atoms with Crippen molar-refractivity contribution >= 4 is 35.1 Å². The molecule has 1 heterocycles. The average Bonchev–Trinajstić information content (AvgIpc) is 3.33. The number of para-hydroxylation sites is 1. The predicted molar refractivity (Wildman–Crippen MR) is 154 cm³/mol. The smallest absolute Gasteiger partial charge is 0.408 e. The molecule has 4 N–H and O–H groups in total. The number of benzene rings is 2. The van der Waals surface area contributed by atoms with Crippen LogP contribution in [0.15, 0.2) is 60.8 Å². The highest BCUT2D eigenvalue weighted by Gasteiger charge is 2.29. The molecule has 3 rings (SSSR count). The third kappa shape index (κ3) is 9.25. The number of amides is 3. The molecule has 0 unspecified atom stereocenters. The van der Waals surface area contributed by atoms with Crippen LogP contribution in [-0.2, 0) is 32.1 Å². The van der Waals surface area contributed by atoms with Gasteiger partial charge < -0.3 is 30.5 Å². The summed E-state index contributed by atoms with van der Waals surface area (Å²) in [6.07, 6.45) is 2.83. The molecule has 0 bridgehead atoms. The number of carbonyl (C=O) groups is 4. The van der Waals surface area contributed by atoms with Crippen molar-refractivity contribution in [1.29, 1.82) is 0 Å². The molecule has 0 saturated carbocycles. The number of aldehydes is 1. The van der Waals surface area contributed by atoms with E-state index in [0.717, 1.165) is 22.0 Å². The van der Waals surface area contributed by atoms with E-state index in [4.69, 9.17) is 4.74 Å². The number of rotatable bonds is 14. The van der Waals surface area contributed by atoms with E-state index in [1.165, 1.54) is 0 Å². The zero-order valence-corrected chi connectivity index (χ0v) is 23.6. The summed E-state index contributed by atoms with van der Waals surface area (Å²) < 4.78 is 5.33. The Balaban J connectivity index is 1.77. The van der Waals surface area contributed by atoms with Gasteiger partial charge in [0.2, 0.25) is 11.8 Å². The molecule has 0 aliphatic heterocycles. The van der Waals surface area contributed by atoms with Crippen LogP contribution in [0, 0.1) is 11.8 Å². The normalized spacial score (nSPS) is 13.4. The molecule has 3 amide bonds. The first kappa shape index (κ1) is 30.4. The van der Waals surface area contributed by atoms with E-state index in [-0.39, 0.29) is 24.9 Å². The number of ether oxygens (including phenoxy) is 1. The zero-order chi connectivity index (χ0) is 29.1. The van der Waals surface area contributed by atoms with Crippen molar-refractivity contribution in [2.24, 2.45) is 11.8 Å². The summed E-state index contributed by atoms with van der Waals surface area (Å²) >= 11 is 0. The lowest BCUT2D eigenvalue weighted by Crippen LogP contribution is -2.56. The number of alkyl carbamates (subject to hydrolysis) is 1. The van der Waals surface area contributed by atoms with Crippen molar-refractivity contribution in [2.45, 2.75) is 71.7 Å². The van der Waals surface area contributed by atoms with Crippen molar-refractivity contribution in [1.82, 2.24) is 20.9 Å². The first-order valence-corrected chi connectivity index (χ1v) is 13.7. The van der Waals surface area contributed by atoms with Crippen molar-refractivity contribution in [2.75, 3.05) is 0 Å². The van der Waals surface area contributed by atoms with E-state index in [0.29, 0.717) is 19.1 Å².